The van der Waals surface area contributed by atoms with Gasteiger partial charge in [-0.3, -0.25) is 14.5 Å². The van der Waals surface area contributed by atoms with E-state index in [-0.39, 0.29) is 29.3 Å². The van der Waals surface area contributed by atoms with E-state index in [9.17, 15) is 18.8 Å². The number of likely N-dealkylation sites (tertiary alicyclic amines) is 1. The molecule has 2 heterocycles. The smallest absolute Gasteiger partial charge is 0.327 e. The van der Waals surface area contributed by atoms with Crippen LogP contribution in [0.25, 0.3) is 0 Å². The zero-order valence-electron chi connectivity index (χ0n) is 16.7. The lowest BCUT2D eigenvalue weighted by atomic mass is 9.85. The number of benzene rings is 1. The molecule has 2 aliphatic heterocycles. The maximum atomic E-state index is 13.6. The van der Waals surface area contributed by atoms with Crippen LogP contribution in [0.4, 0.5) is 9.18 Å². The molecule has 1 aromatic rings. The van der Waals surface area contributed by atoms with Crippen molar-refractivity contribution in [2.24, 2.45) is 5.92 Å². The normalized spacial score (nSPS) is 19.1. The minimum absolute atomic E-state index is 0.156. The van der Waals surface area contributed by atoms with Gasteiger partial charge in [0.05, 0.1) is 12.7 Å². The van der Waals surface area contributed by atoms with Crippen LogP contribution in [0, 0.1) is 11.7 Å². The van der Waals surface area contributed by atoms with Crippen molar-refractivity contribution in [3.8, 4) is 5.75 Å². The highest BCUT2D eigenvalue weighted by Gasteiger charge is 2.57. The third-order valence-electron chi connectivity index (χ3n) is 5.55. The number of halogens is 1. The number of likely N-dealkylation sites (N-methyl/N-ethyl adjacent to an activating group) is 1. The summed E-state index contributed by atoms with van der Waals surface area (Å²) in [6.07, 6.45) is 0.718. The first-order valence-electron chi connectivity index (χ1n) is 9.44. The number of hydrogen-bond donors (Lipinski definition) is 0. The molecule has 0 aliphatic carbocycles. The van der Waals surface area contributed by atoms with Gasteiger partial charge in [-0.25, -0.2) is 9.18 Å². The molecule has 0 radical (unpaired) electrons. The lowest BCUT2D eigenvalue weighted by molar-refractivity contribution is -0.134. The molecule has 0 atom stereocenters. The number of nitrogens with zero attached hydrogens (tertiary/aromatic N) is 3. The number of piperidine rings is 1. The Kier molecular flexibility index (Phi) is 5.32. The van der Waals surface area contributed by atoms with Crippen molar-refractivity contribution in [2.45, 2.75) is 32.2 Å². The molecular formula is C20H26FN3O4. The molecular weight excluding hydrogens is 365 g/mol. The van der Waals surface area contributed by atoms with Crippen molar-refractivity contribution < 1.29 is 23.5 Å². The molecule has 152 valence electrons. The van der Waals surface area contributed by atoms with E-state index in [1.807, 2.05) is 13.8 Å². The van der Waals surface area contributed by atoms with Gasteiger partial charge in [0.25, 0.3) is 11.8 Å². The Labute approximate surface area is 164 Å². The van der Waals surface area contributed by atoms with Crippen molar-refractivity contribution in [1.82, 2.24) is 14.7 Å². The largest absolute Gasteiger partial charge is 0.496 e. The molecule has 0 unspecified atom stereocenters. The SMILES string of the molecule is COc1ccc(F)cc1C(=O)N1CCC2(CC1)C(=O)N(C)C(=O)N2CC(C)C. The first kappa shape index (κ1) is 20.1. The van der Waals surface area contributed by atoms with E-state index < -0.39 is 11.4 Å². The van der Waals surface area contributed by atoms with Gasteiger partial charge in [-0.2, -0.15) is 0 Å². The summed E-state index contributed by atoms with van der Waals surface area (Å²) in [5, 5.41) is 0. The van der Waals surface area contributed by atoms with Crippen LogP contribution in [0.2, 0.25) is 0 Å². The van der Waals surface area contributed by atoms with Crippen molar-refractivity contribution in [2.75, 3.05) is 33.8 Å². The fraction of sp³-hybridized carbons (Fsp3) is 0.550. The van der Waals surface area contributed by atoms with E-state index in [4.69, 9.17) is 4.74 Å². The van der Waals surface area contributed by atoms with Gasteiger partial charge in [0.2, 0.25) is 0 Å². The molecule has 8 heteroatoms. The Hall–Kier alpha value is -2.64. The van der Waals surface area contributed by atoms with Gasteiger partial charge in [-0.1, -0.05) is 13.8 Å². The predicted molar refractivity (Wildman–Crippen MR) is 101 cm³/mol. The highest BCUT2D eigenvalue weighted by Crippen LogP contribution is 2.38. The Balaban J connectivity index is 1.81. The summed E-state index contributed by atoms with van der Waals surface area (Å²) in [5.41, 5.74) is -0.748. The fourth-order valence-electron chi connectivity index (χ4n) is 4.08. The van der Waals surface area contributed by atoms with E-state index in [1.54, 1.807) is 9.80 Å². The van der Waals surface area contributed by atoms with E-state index in [2.05, 4.69) is 0 Å². The van der Waals surface area contributed by atoms with Crippen LogP contribution in [0.15, 0.2) is 18.2 Å². The Morgan fingerprint density at radius 3 is 2.46 bits per heavy atom. The minimum Gasteiger partial charge on any atom is -0.496 e. The monoisotopic (exact) mass is 391 g/mol. The van der Waals surface area contributed by atoms with Gasteiger partial charge in [-0.05, 0) is 37.0 Å². The number of rotatable bonds is 4. The number of imide groups is 1. The molecule has 4 amide bonds. The summed E-state index contributed by atoms with van der Waals surface area (Å²) in [5.74, 6) is -0.546. The summed E-state index contributed by atoms with van der Waals surface area (Å²) in [6, 6.07) is 3.54. The second kappa shape index (κ2) is 7.41. The van der Waals surface area contributed by atoms with Gasteiger partial charge in [-0.15, -0.1) is 0 Å². The number of carbonyl (C=O) groups excluding carboxylic acids is 3. The molecule has 0 bridgehead atoms. The highest BCUT2D eigenvalue weighted by atomic mass is 19.1. The molecule has 28 heavy (non-hydrogen) atoms. The van der Waals surface area contributed by atoms with E-state index in [1.165, 1.54) is 31.2 Å². The Bertz CT molecular complexity index is 803. The Morgan fingerprint density at radius 2 is 1.89 bits per heavy atom. The lowest BCUT2D eigenvalue weighted by Gasteiger charge is -2.42. The standard InChI is InChI=1S/C20H26FN3O4/c1-13(2)12-24-19(27)22(3)18(26)20(24)7-9-23(10-8-20)17(25)15-11-14(21)5-6-16(15)28-4/h5-6,11,13H,7-10,12H2,1-4H3. The zero-order chi connectivity index (χ0) is 20.6. The molecule has 3 rings (SSSR count). The van der Waals surface area contributed by atoms with Crippen molar-refractivity contribution in [1.29, 1.82) is 0 Å². The molecule has 2 aliphatic rings. The van der Waals surface area contributed by atoms with Crippen LogP contribution < -0.4 is 4.74 Å². The summed E-state index contributed by atoms with van der Waals surface area (Å²) >= 11 is 0. The summed E-state index contributed by atoms with van der Waals surface area (Å²) in [6.45, 7) is 5.10. The van der Waals surface area contributed by atoms with Crippen LogP contribution >= 0.6 is 0 Å². The van der Waals surface area contributed by atoms with Crippen LogP contribution in [0.3, 0.4) is 0 Å². The number of ether oxygens (including phenoxy) is 1. The van der Waals surface area contributed by atoms with Crippen molar-refractivity contribution in [3.05, 3.63) is 29.6 Å². The molecule has 0 N–H and O–H groups in total. The van der Waals surface area contributed by atoms with Gasteiger partial charge in [0, 0.05) is 26.7 Å². The number of amides is 4. The summed E-state index contributed by atoms with van der Waals surface area (Å²) < 4.78 is 18.8. The number of hydrogen-bond acceptors (Lipinski definition) is 4. The molecule has 0 aromatic heterocycles. The van der Waals surface area contributed by atoms with Crippen LogP contribution in [-0.4, -0.2) is 71.9 Å². The predicted octanol–water partition coefficient (Wildman–Crippen LogP) is 2.36. The third-order valence-corrected chi connectivity index (χ3v) is 5.55. The quantitative estimate of drug-likeness (QED) is 0.739. The summed E-state index contributed by atoms with van der Waals surface area (Å²) in [4.78, 5) is 42.8. The zero-order valence-corrected chi connectivity index (χ0v) is 16.7. The molecule has 7 nitrogen and oxygen atoms in total. The molecule has 1 aromatic carbocycles. The van der Waals surface area contributed by atoms with Gasteiger partial charge < -0.3 is 14.5 Å². The second-order valence-corrected chi connectivity index (χ2v) is 7.82. The average Bonchev–Trinajstić information content (AvgIpc) is 2.84. The fourth-order valence-corrected chi connectivity index (χ4v) is 4.08. The number of urea groups is 1. The molecule has 1 spiro atoms. The van der Waals surface area contributed by atoms with Gasteiger partial charge >= 0.3 is 6.03 Å². The van der Waals surface area contributed by atoms with E-state index in [0.717, 1.165) is 6.07 Å². The first-order valence-corrected chi connectivity index (χ1v) is 9.44. The van der Waals surface area contributed by atoms with Crippen LogP contribution in [-0.2, 0) is 4.79 Å². The second-order valence-electron chi connectivity index (χ2n) is 7.82. The maximum absolute atomic E-state index is 13.6. The molecule has 2 saturated heterocycles. The van der Waals surface area contributed by atoms with Gasteiger partial charge in [0.1, 0.15) is 17.1 Å². The van der Waals surface area contributed by atoms with Crippen molar-refractivity contribution >= 4 is 17.8 Å². The number of carbonyl (C=O) groups is 3. The lowest BCUT2D eigenvalue weighted by Crippen LogP contribution is -2.58. The van der Waals surface area contributed by atoms with E-state index in [0.29, 0.717) is 38.2 Å². The first-order chi connectivity index (χ1) is 13.2. The topological polar surface area (TPSA) is 70.2 Å². The molecule has 0 saturated carbocycles. The van der Waals surface area contributed by atoms with Crippen LogP contribution in [0.1, 0.15) is 37.0 Å². The Morgan fingerprint density at radius 1 is 1.25 bits per heavy atom. The highest BCUT2D eigenvalue weighted by molar-refractivity contribution is 6.07. The molecule has 2 fully saturated rings. The van der Waals surface area contributed by atoms with E-state index >= 15 is 0 Å². The maximum Gasteiger partial charge on any atom is 0.327 e. The third kappa shape index (κ3) is 3.21. The average molecular weight is 391 g/mol. The van der Waals surface area contributed by atoms with Gasteiger partial charge in [0.15, 0.2) is 0 Å². The van der Waals surface area contributed by atoms with Crippen molar-refractivity contribution in [3.63, 3.8) is 0 Å². The van der Waals surface area contributed by atoms with Crippen LogP contribution in [0.5, 0.6) is 5.75 Å². The number of methoxy groups -OCH3 is 1. The summed E-state index contributed by atoms with van der Waals surface area (Å²) in [7, 11) is 2.93. The minimum atomic E-state index is -0.904.